The molecule has 1 atom stereocenters. The van der Waals surface area contributed by atoms with E-state index in [1.54, 1.807) is 0 Å². The number of carbonyl (C=O) groups excluding carboxylic acids is 2. The number of allylic oxidation sites excluding steroid dienone is 16. The zero-order valence-electron chi connectivity index (χ0n) is 42.0. The molecule has 1 unspecified atom stereocenters. The molecule has 366 valence electrons. The molecule has 0 rings (SSSR count). The maximum Gasteiger partial charge on any atom is 0.306 e. The van der Waals surface area contributed by atoms with Gasteiger partial charge < -0.3 is 14.2 Å². The minimum Gasteiger partial charge on any atom is -0.462 e. The Morgan fingerprint density at radius 1 is 0.359 bits per heavy atom. The third-order valence-corrected chi connectivity index (χ3v) is 11.1. The van der Waals surface area contributed by atoms with Gasteiger partial charge in [0.2, 0.25) is 0 Å². The van der Waals surface area contributed by atoms with Crippen molar-refractivity contribution in [3.05, 3.63) is 97.2 Å². The van der Waals surface area contributed by atoms with E-state index in [1.807, 2.05) is 0 Å². The topological polar surface area (TPSA) is 61.8 Å². The summed E-state index contributed by atoms with van der Waals surface area (Å²) in [4.78, 5) is 25.4. The summed E-state index contributed by atoms with van der Waals surface area (Å²) in [5, 5.41) is 0. The summed E-state index contributed by atoms with van der Waals surface area (Å²) >= 11 is 0. The minimum atomic E-state index is -0.568. The fraction of sp³-hybridized carbons (Fsp3) is 0.695. The molecule has 0 aliphatic rings. The molecule has 0 aromatic carbocycles. The molecular weight excluding hydrogens is 789 g/mol. The molecule has 0 aliphatic carbocycles. The molecule has 0 aromatic rings. The zero-order chi connectivity index (χ0) is 46.3. The first-order valence-electron chi connectivity index (χ1n) is 26.8. The summed E-state index contributed by atoms with van der Waals surface area (Å²) < 4.78 is 17.4. The minimum absolute atomic E-state index is 0.0491. The fourth-order valence-electron chi connectivity index (χ4n) is 7.21. The third-order valence-electron chi connectivity index (χ3n) is 11.1. The van der Waals surface area contributed by atoms with Gasteiger partial charge in [0.05, 0.1) is 6.61 Å². The highest BCUT2D eigenvalue weighted by molar-refractivity contribution is 5.70. The van der Waals surface area contributed by atoms with E-state index in [1.165, 1.54) is 103 Å². The van der Waals surface area contributed by atoms with Crippen LogP contribution in [0.3, 0.4) is 0 Å². The molecule has 0 amide bonds. The number of hydrogen-bond donors (Lipinski definition) is 0. The van der Waals surface area contributed by atoms with E-state index in [2.05, 4.69) is 118 Å². The highest BCUT2D eigenvalue weighted by atomic mass is 16.6. The molecule has 0 saturated heterocycles. The lowest BCUT2D eigenvalue weighted by Crippen LogP contribution is -2.30. The van der Waals surface area contributed by atoms with Crippen LogP contribution in [0.1, 0.15) is 239 Å². The summed E-state index contributed by atoms with van der Waals surface area (Å²) in [5.41, 5.74) is 0. The number of ether oxygens (including phenoxy) is 3. The molecule has 0 N–H and O–H groups in total. The van der Waals surface area contributed by atoms with E-state index in [0.29, 0.717) is 19.4 Å². The van der Waals surface area contributed by atoms with Crippen molar-refractivity contribution >= 4 is 11.9 Å². The van der Waals surface area contributed by atoms with E-state index < -0.39 is 6.10 Å². The summed E-state index contributed by atoms with van der Waals surface area (Å²) in [5.74, 6) is -0.474. The Bertz CT molecular complexity index is 1230. The highest BCUT2D eigenvalue weighted by Gasteiger charge is 2.17. The predicted molar refractivity (Wildman–Crippen MR) is 279 cm³/mol. The second-order valence-electron chi connectivity index (χ2n) is 17.4. The normalized spacial score (nSPS) is 13.0. The molecule has 0 heterocycles. The Morgan fingerprint density at radius 3 is 1.17 bits per heavy atom. The van der Waals surface area contributed by atoms with Gasteiger partial charge in [-0.1, -0.05) is 234 Å². The first-order valence-corrected chi connectivity index (χ1v) is 26.8. The van der Waals surface area contributed by atoms with E-state index in [9.17, 15) is 9.59 Å². The van der Waals surface area contributed by atoms with Crippen molar-refractivity contribution in [2.75, 3.05) is 19.8 Å². The van der Waals surface area contributed by atoms with Crippen LogP contribution in [0.15, 0.2) is 97.2 Å². The molecule has 0 fully saturated rings. The number of carbonyl (C=O) groups is 2. The van der Waals surface area contributed by atoms with E-state index >= 15 is 0 Å². The predicted octanol–water partition coefficient (Wildman–Crippen LogP) is 18.2. The van der Waals surface area contributed by atoms with Gasteiger partial charge in [-0.3, -0.25) is 9.59 Å². The van der Waals surface area contributed by atoms with Crippen molar-refractivity contribution in [2.24, 2.45) is 0 Å². The summed E-state index contributed by atoms with van der Waals surface area (Å²) in [6.45, 7) is 7.55. The fourth-order valence-corrected chi connectivity index (χ4v) is 7.21. The van der Waals surface area contributed by atoms with Crippen LogP contribution in [0.2, 0.25) is 0 Å². The van der Waals surface area contributed by atoms with Gasteiger partial charge in [0.15, 0.2) is 6.10 Å². The van der Waals surface area contributed by atoms with Gasteiger partial charge in [-0.15, -0.1) is 0 Å². The molecule has 0 aromatic heterocycles. The quantitative estimate of drug-likeness (QED) is 0.0346. The van der Waals surface area contributed by atoms with Crippen molar-refractivity contribution in [1.29, 1.82) is 0 Å². The molecule has 0 spiro atoms. The largest absolute Gasteiger partial charge is 0.462 e. The standard InChI is InChI=1S/C59H100O5/c1-4-7-10-13-16-19-22-25-28-30-32-34-37-40-43-46-49-52-58(60)63-56-57(55-62-54-51-48-45-42-39-36-27-24-21-18-15-12-9-6-3)64-59(61)53-50-47-44-41-38-35-33-31-29-26-23-20-17-14-11-8-5-2/h7-8,10-11,16-17,19-20,25-26,28-29,32,34,40,43,57H,4-6,9,12-15,18,21-24,27,30-31,33,35-39,41-42,44-56H2,1-3H3/b10-7-,11-8-,19-16-,20-17-,28-25-,29-26-,34-32-,43-40-. The van der Waals surface area contributed by atoms with Crippen molar-refractivity contribution in [2.45, 2.75) is 245 Å². The molecule has 5 heteroatoms. The maximum atomic E-state index is 12.8. The second kappa shape index (κ2) is 54.2. The highest BCUT2D eigenvalue weighted by Crippen LogP contribution is 2.14. The Hall–Kier alpha value is -3.18. The number of rotatable bonds is 48. The average molecular weight is 889 g/mol. The smallest absolute Gasteiger partial charge is 0.306 e. The monoisotopic (exact) mass is 889 g/mol. The van der Waals surface area contributed by atoms with Gasteiger partial charge in [-0.2, -0.15) is 0 Å². The summed E-state index contributed by atoms with van der Waals surface area (Å²) in [6, 6.07) is 0. The average Bonchev–Trinajstić information content (AvgIpc) is 3.30. The lowest BCUT2D eigenvalue weighted by molar-refractivity contribution is -0.163. The van der Waals surface area contributed by atoms with Crippen LogP contribution < -0.4 is 0 Å². The summed E-state index contributed by atoms with van der Waals surface area (Å²) in [6.07, 6.45) is 72.8. The van der Waals surface area contributed by atoms with Crippen LogP contribution in [0, 0.1) is 0 Å². The molecular formula is C59H100O5. The Morgan fingerprint density at radius 2 is 0.719 bits per heavy atom. The third kappa shape index (κ3) is 51.5. The lowest BCUT2D eigenvalue weighted by atomic mass is 10.0. The molecule has 0 aliphatic heterocycles. The maximum absolute atomic E-state index is 12.8. The van der Waals surface area contributed by atoms with Crippen molar-refractivity contribution in [1.82, 2.24) is 0 Å². The number of hydrogen-bond acceptors (Lipinski definition) is 5. The zero-order valence-corrected chi connectivity index (χ0v) is 42.0. The second-order valence-corrected chi connectivity index (χ2v) is 17.4. The van der Waals surface area contributed by atoms with Crippen molar-refractivity contribution in [3.63, 3.8) is 0 Å². The van der Waals surface area contributed by atoms with Gasteiger partial charge in [-0.25, -0.2) is 0 Å². The van der Waals surface area contributed by atoms with Gasteiger partial charge >= 0.3 is 11.9 Å². The molecule has 0 saturated carbocycles. The first-order chi connectivity index (χ1) is 31.6. The van der Waals surface area contributed by atoms with Crippen molar-refractivity contribution < 1.29 is 23.8 Å². The van der Waals surface area contributed by atoms with E-state index in [0.717, 1.165) is 103 Å². The van der Waals surface area contributed by atoms with Crippen LogP contribution in [-0.4, -0.2) is 37.9 Å². The Balaban J connectivity index is 4.38. The van der Waals surface area contributed by atoms with Crippen LogP contribution in [-0.2, 0) is 23.8 Å². The van der Waals surface area contributed by atoms with Gasteiger partial charge in [-0.05, 0) is 89.9 Å². The van der Waals surface area contributed by atoms with Gasteiger partial charge in [0.1, 0.15) is 6.61 Å². The van der Waals surface area contributed by atoms with E-state index in [-0.39, 0.29) is 25.2 Å². The number of esters is 2. The Kier molecular flexibility index (Phi) is 51.5. The van der Waals surface area contributed by atoms with E-state index in [4.69, 9.17) is 14.2 Å². The van der Waals surface area contributed by atoms with Gasteiger partial charge in [0, 0.05) is 19.4 Å². The van der Waals surface area contributed by atoms with Crippen LogP contribution in [0.25, 0.3) is 0 Å². The first kappa shape index (κ1) is 60.8. The SMILES string of the molecule is CC/C=C\C/C=C\C/C=C\C/C=C\C/C=C\CCCC(=O)OCC(COCCCCCCCCCCCCCCCC)OC(=O)CCCCCCCCC/C=C\C/C=C\C/C=C\CC. The molecule has 64 heavy (non-hydrogen) atoms. The van der Waals surface area contributed by atoms with Crippen LogP contribution >= 0.6 is 0 Å². The molecule has 0 bridgehead atoms. The number of unbranched alkanes of at least 4 members (excludes halogenated alkanes) is 21. The van der Waals surface area contributed by atoms with Gasteiger partial charge in [0.25, 0.3) is 0 Å². The molecule has 5 nitrogen and oxygen atoms in total. The van der Waals surface area contributed by atoms with Crippen molar-refractivity contribution in [3.8, 4) is 0 Å². The summed E-state index contributed by atoms with van der Waals surface area (Å²) in [7, 11) is 0. The Labute approximate surface area is 396 Å². The van der Waals surface area contributed by atoms with Crippen LogP contribution in [0.4, 0.5) is 0 Å². The van der Waals surface area contributed by atoms with Crippen LogP contribution in [0.5, 0.6) is 0 Å². The molecule has 0 radical (unpaired) electrons. The lowest BCUT2D eigenvalue weighted by Gasteiger charge is -2.18.